The number of aliphatic hydroxyl groups is 1. The largest absolute Gasteiger partial charge is 0.444 e. The van der Waals surface area contributed by atoms with Gasteiger partial charge in [0.15, 0.2) is 0 Å². The van der Waals surface area contributed by atoms with Crippen molar-refractivity contribution >= 4 is 6.09 Å². The molecule has 1 fully saturated rings. The van der Waals surface area contributed by atoms with Gasteiger partial charge in [-0.25, -0.2) is 9.18 Å². The van der Waals surface area contributed by atoms with Gasteiger partial charge in [-0.1, -0.05) is 13.0 Å². The number of nitrogens with zero attached hydrogens (tertiary/aromatic N) is 1. The molecule has 26 heavy (non-hydrogen) atoms. The van der Waals surface area contributed by atoms with E-state index in [9.17, 15) is 27.5 Å². The van der Waals surface area contributed by atoms with Crippen molar-refractivity contribution in [2.45, 2.75) is 58.0 Å². The summed E-state index contributed by atoms with van der Waals surface area (Å²) in [5, 5.41) is 10.4. The quantitative estimate of drug-likeness (QED) is 0.732. The molecule has 146 valence electrons. The van der Waals surface area contributed by atoms with E-state index in [2.05, 4.69) is 0 Å². The predicted octanol–water partition coefficient (Wildman–Crippen LogP) is 4.52. The Balaban J connectivity index is 2.41. The fraction of sp³-hybridized carbons (Fsp3) is 0.611. The summed E-state index contributed by atoms with van der Waals surface area (Å²) in [7, 11) is 0. The standard InChI is InChI=1S/C18H23F4NO3/c1-10-7-14(24)15(23(9-10)16(25)26-17(2,3)4)12-6-5-11(8-13(12)19)18(20,21)22/h5-6,8,10,14-15,24H,7,9H2,1-4H3/t10?,14-,15?/m0/s1. The van der Waals surface area contributed by atoms with E-state index in [0.29, 0.717) is 12.5 Å². The maximum Gasteiger partial charge on any atom is 0.416 e. The fourth-order valence-electron chi connectivity index (χ4n) is 3.10. The number of alkyl halides is 3. The summed E-state index contributed by atoms with van der Waals surface area (Å²) >= 11 is 0. The summed E-state index contributed by atoms with van der Waals surface area (Å²) < 4.78 is 58.0. The number of carbonyl (C=O) groups excluding carboxylic acids is 1. The number of likely N-dealkylation sites (tertiary alicyclic amines) is 1. The summed E-state index contributed by atoms with van der Waals surface area (Å²) in [5.41, 5.74) is -2.09. The number of aliphatic hydroxyl groups excluding tert-OH is 1. The van der Waals surface area contributed by atoms with Crippen LogP contribution >= 0.6 is 0 Å². The molecule has 1 aliphatic rings. The number of piperidine rings is 1. The van der Waals surface area contributed by atoms with E-state index in [-0.39, 0.29) is 18.0 Å². The minimum atomic E-state index is -4.68. The van der Waals surface area contributed by atoms with E-state index in [1.165, 1.54) is 4.90 Å². The third kappa shape index (κ3) is 4.66. The zero-order valence-electron chi connectivity index (χ0n) is 15.1. The lowest BCUT2D eigenvalue weighted by Crippen LogP contribution is -2.49. The fourth-order valence-corrected chi connectivity index (χ4v) is 3.10. The molecule has 1 aliphatic heterocycles. The minimum Gasteiger partial charge on any atom is -0.444 e. The van der Waals surface area contributed by atoms with Gasteiger partial charge in [-0.3, -0.25) is 4.90 Å². The van der Waals surface area contributed by atoms with E-state index in [4.69, 9.17) is 4.74 Å². The van der Waals surface area contributed by atoms with Crippen molar-refractivity contribution in [1.82, 2.24) is 4.90 Å². The summed E-state index contributed by atoms with van der Waals surface area (Å²) in [6.07, 6.45) is -6.24. The Morgan fingerprint density at radius 1 is 1.27 bits per heavy atom. The van der Waals surface area contributed by atoms with E-state index in [0.717, 1.165) is 12.1 Å². The molecule has 1 aromatic rings. The average molecular weight is 377 g/mol. The molecule has 1 aromatic carbocycles. The zero-order valence-corrected chi connectivity index (χ0v) is 15.1. The SMILES string of the molecule is CC1C[C@H](O)C(c2ccc(C(F)(F)F)cc2F)N(C(=O)OC(C)(C)C)C1. The Morgan fingerprint density at radius 3 is 2.38 bits per heavy atom. The third-order valence-corrected chi connectivity index (χ3v) is 4.13. The van der Waals surface area contributed by atoms with Gasteiger partial charge in [0.1, 0.15) is 11.4 Å². The van der Waals surface area contributed by atoms with Crippen molar-refractivity contribution in [2.24, 2.45) is 5.92 Å². The van der Waals surface area contributed by atoms with Crippen molar-refractivity contribution in [3.63, 3.8) is 0 Å². The lowest BCUT2D eigenvalue weighted by molar-refractivity contribution is -0.137. The molecule has 0 radical (unpaired) electrons. The first kappa shape index (κ1) is 20.5. The smallest absolute Gasteiger partial charge is 0.416 e. The normalized spacial score (nSPS) is 24.5. The molecule has 8 heteroatoms. The number of rotatable bonds is 1. The first-order valence-corrected chi connectivity index (χ1v) is 8.34. The van der Waals surface area contributed by atoms with Crippen LogP contribution in [0.2, 0.25) is 0 Å². The summed E-state index contributed by atoms with van der Waals surface area (Å²) in [6.45, 7) is 7.03. The van der Waals surface area contributed by atoms with Crippen LogP contribution in [-0.2, 0) is 10.9 Å². The molecule has 4 nitrogen and oxygen atoms in total. The summed E-state index contributed by atoms with van der Waals surface area (Å²) in [6, 6.07) is 0.992. The van der Waals surface area contributed by atoms with Crippen molar-refractivity contribution in [2.75, 3.05) is 6.54 Å². The Labute approximate surface area is 149 Å². The molecule has 2 unspecified atom stereocenters. The molecule has 0 saturated carbocycles. The second kappa shape index (κ2) is 7.06. The highest BCUT2D eigenvalue weighted by Gasteiger charge is 2.41. The number of amides is 1. The van der Waals surface area contributed by atoms with E-state index in [1.54, 1.807) is 20.8 Å². The maximum atomic E-state index is 14.4. The molecule has 0 bridgehead atoms. The first-order chi connectivity index (χ1) is 11.8. The van der Waals surface area contributed by atoms with E-state index in [1.807, 2.05) is 6.92 Å². The first-order valence-electron chi connectivity index (χ1n) is 8.34. The van der Waals surface area contributed by atoms with E-state index < -0.39 is 41.4 Å². The van der Waals surface area contributed by atoms with Crippen LogP contribution in [0, 0.1) is 11.7 Å². The van der Waals surface area contributed by atoms with E-state index >= 15 is 0 Å². The van der Waals surface area contributed by atoms with Crippen molar-refractivity contribution < 1.29 is 32.2 Å². The van der Waals surface area contributed by atoms with Gasteiger partial charge in [0.2, 0.25) is 0 Å². The van der Waals surface area contributed by atoms with Crippen molar-refractivity contribution in [3.8, 4) is 0 Å². The molecule has 1 saturated heterocycles. The molecular formula is C18H23F4NO3. The molecule has 1 amide bonds. The Morgan fingerprint density at radius 2 is 1.88 bits per heavy atom. The monoisotopic (exact) mass is 377 g/mol. The molecule has 0 aromatic heterocycles. The lowest BCUT2D eigenvalue weighted by Gasteiger charge is -2.42. The van der Waals surface area contributed by atoms with Crippen LogP contribution in [0.5, 0.6) is 0 Å². The molecule has 1 N–H and O–H groups in total. The number of hydrogen-bond donors (Lipinski definition) is 1. The molecular weight excluding hydrogens is 354 g/mol. The second-order valence-corrected chi connectivity index (χ2v) is 7.72. The van der Waals surface area contributed by atoms with Gasteiger partial charge in [-0.05, 0) is 45.2 Å². The highest BCUT2D eigenvalue weighted by atomic mass is 19.4. The van der Waals surface area contributed by atoms with Gasteiger partial charge >= 0.3 is 12.3 Å². The highest BCUT2D eigenvalue weighted by molar-refractivity contribution is 5.69. The highest BCUT2D eigenvalue weighted by Crippen LogP contribution is 2.38. The van der Waals surface area contributed by atoms with Crippen LogP contribution in [0.4, 0.5) is 22.4 Å². The number of hydrogen-bond acceptors (Lipinski definition) is 3. The number of halogens is 4. The van der Waals surface area contributed by atoms with Crippen LogP contribution in [0.25, 0.3) is 0 Å². The molecule has 3 atom stereocenters. The van der Waals surface area contributed by atoms with Crippen LogP contribution in [0.3, 0.4) is 0 Å². The Hall–Kier alpha value is -1.83. The van der Waals surface area contributed by atoms with Gasteiger partial charge in [-0.2, -0.15) is 13.2 Å². The van der Waals surface area contributed by atoms with Crippen LogP contribution in [0.15, 0.2) is 18.2 Å². The van der Waals surface area contributed by atoms with Gasteiger partial charge in [0.25, 0.3) is 0 Å². The number of benzene rings is 1. The number of carbonyl (C=O) groups is 1. The van der Waals surface area contributed by atoms with Crippen LogP contribution in [0.1, 0.15) is 51.3 Å². The maximum absolute atomic E-state index is 14.4. The minimum absolute atomic E-state index is 0.0636. The van der Waals surface area contributed by atoms with Gasteiger partial charge in [-0.15, -0.1) is 0 Å². The lowest BCUT2D eigenvalue weighted by atomic mass is 9.87. The van der Waals surface area contributed by atoms with Crippen molar-refractivity contribution in [1.29, 1.82) is 0 Å². The molecule has 2 rings (SSSR count). The summed E-state index contributed by atoms with van der Waals surface area (Å²) in [5.74, 6) is -1.18. The topological polar surface area (TPSA) is 49.8 Å². The summed E-state index contributed by atoms with van der Waals surface area (Å²) in [4.78, 5) is 13.7. The molecule has 0 spiro atoms. The zero-order chi connectivity index (χ0) is 19.9. The second-order valence-electron chi connectivity index (χ2n) is 7.72. The Kier molecular flexibility index (Phi) is 5.56. The van der Waals surface area contributed by atoms with Gasteiger partial charge < -0.3 is 9.84 Å². The average Bonchev–Trinajstić information content (AvgIpc) is 2.44. The van der Waals surface area contributed by atoms with Crippen molar-refractivity contribution in [3.05, 3.63) is 35.1 Å². The number of ether oxygens (including phenoxy) is 1. The van der Waals surface area contributed by atoms with Gasteiger partial charge in [0.05, 0.1) is 17.7 Å². The third-order valence-electron chi connectivity index (χ3n) is 4.13. The van der Waals surface area contributed by atoms with Gasteiger partial charge in [0, 0.05) is 12.1 Å². The molecule has 1 heterocycles. The van der Waals surface area contributed by atoms with Crippen LogP contribution in [-0.4, -0.2) is 34.3 Å². The Bertz CT molecular complexity index is 669. The molecule has 0 aliphatic carbocycles. The van der Waals surface area contributed by atoms with Crippen LogP contribution < -0.4 is 0 Å². The predicted molar refractivity (Wildman–Crippen MR) is 86.9 cm³/mol.